The first-order valence-electron chi connectivity index (χ1n) is 3.79. The fraction of sp³-hybridized carbons (Fsp3) is 1.00. The van der Waals surface area contributed by atoms with Gasteiger partial charge in [0.2, 0.25) is 0 Å². The topological polar surface area (TPSA) is 0 Å². The van der Waals surface area contributed by atoms with Gasteiger partial charge in [0.15, 0.2) is 0 Å². The van der Waals surface area contributed by atoms with Crippen LogP contribution in [0.1, 0.15) is 27.5 Å². The van der Waals surface area contributed by atoms with Gasteiger partial charge in [-0.2, -0.15) is 0 Å². The van der Waals surface area contributed by atoms with E-state index >= 15 is 0 Å². The van der Waals surface area contributed by atoms with Crippen LogP contribution in [0.3, 0.4) is 0 Å². The first kappa shape index (κ1) is 3.11. The van der Waals surface area contributed by atoms with Crippen molar-refractivity contribution < 1.29 is 1.37 Å². The molecule has 3 fully saturated rings. The molecule has 3 saturated carbocycles. The van der Waals surface area contributed by atoms with Crippen LogP contribution in [-0.4, -0.2) is 0 Å². The van der Waals surface area contributed by atoms with Gasteiger partial charge in [0, 0.05) is 1.37 Å². The lowest BCUT2D eigenvalue weighted by molar-refractivity contribution is -0.0819. The Kier molecular flexibility index (Phi) is 0.463. The van der Waals surface area contributed by atoms with Gasteiger partial charge in [0.25, 0.3) is 0 Å². The molecule has 2 bridgehead atoms. The fourth-order valence-electron chi connectivity index (χ4n) is 1.87. The van der Waals surface area contributed by atoms with Crippen molar-refractivity contribution in [2.24, 2.45) is 17.8 Å². The molecule has 1 atom stereocenters. The van der Waals surface area contributed by atoms with Gasteiger partial charge in [-0.3, -0.25) is 0 Å². The molecule has 0 aliphatic heterocycles. The highest BCUT2D eigenvalue weighted by Crippen LogP contribution is 2.59. The van der Waals surface area contributed by atoms with Gasteiger partial charge in [-0.25, -0.2) is 0 Å². The molecule has 0 radical (unpaired) electrons. The molecule has 1 unspecified atom stereocenters. The maximum atomic E-state index is 7.40. The Bertz CT molecular complexity index is 92.2. The molecule has 0 nitrogen and oxygen atoms in total. The van der Waals surface area contributed by atoms with E-state index in [0.717, 1.165) is 17.8 Å². The van der Waals surface area contributed by atoms with Crippen LogP contribution in [0.4, 0.5) is 0 Å². The molecule has 0 saturated heterocycles. The number of hydrogen-bond donors (Lipinski definition) is 0. The zero-order chi connectivity index (χ0) is 5.72. The van der Waals surface area contributed by atoms with Crippen molar-refractivity contribution >= 4 is 0 Å². The molecule has 0 aromatic heterocycles. The van der Waals surface area contributed by atoms with Crippen LogP contribution in [0.5, 0.6) is 0 Å². The third kappa shape index (κ3) is 0.296. The molecule has 3 rings (SSSR count). The molecule has 0 heterocycles. The Morgan fingerprint density at radius 1 is 1.57 bits per heavy atom. The lowest BCUT2D eigenvalue weighted by Gasteiger charge is -2.58. The highest BCUT2D eigenvalue weighted by molar-refractivity contribution is 5.00. The minimum absolute atomic E-state index is 0.229. The highest BCUT2D eigenvalue weighted by atomic mass is 14.6. The standard InChI is InChI=1S/C7H12/c1-2-7-5-3-6(7)4-5/h5-7H,2-4H2,1H3/i2D. The second-order valence-electron chi connectivity index (χ2n) is 2.90. The molecular formula is C7H12. The van der Waals surface area contributed by atoms with Crippen molar-refractivity contribution in [2.45, 2.75) is 26.2 Å². The SMILES string of the molecule is [2H]C(C)C1C2CC1C2. The smallest absolute Gasteiger partial charge is 0.0267 e. The maximum Gasteiger partial charge on any atom is 0.0267 e. The summed E-state index contributed by atoms with van der Waals surface area (Å²) in [4.78, 5) is 0. The van der Waals surface area contributed by atoms with Crippen molar-refractivity contribution in [1.82, 2.24) is 0 Å². The summed E-state index contributed by atoms with van der Waals surface area (Å²) in [5, 5.41) is 0. The van der Waals surface area contributed by atoms with E-state index in [4.69, 9.17) is 1.37 Å². The Morgan fingerprint density at radius 2 is 2.14 bits per heavy atom. The summed E-state index contributed by atoms with van der Waals surface area (Å²) in [5.41, 5.74) is 0. The van der Waals surface area contributed by atoms with E-state index in [0.29, 0.717) is 0 Å². The summed E-state index contributed by atoms with van der Waals surface area (Å²) in [6, 6.07) is 0. The van der Waals surface area contributed by atoms with Crippen molar-refractivity contribution in [3.8, 4) is 0 Å². The fourth-order valence-corrected chi connectivity index (χ4v) is 1.87. The van der Waals surface area contributed by atoms with Crippen molar-refractivity contribution in [1.29, 1.82) is 0 Å². The van der Waals surface area contributed by atoms with Gasteiger partial charge in [-0.1, -0.05) is 13.3 Å². The van der Waals surface area contributed by atoms with Gasteiger partial charge >= 0.3 is 0 Å². The van der Waals surface area contributed by atoms with Crippen LogP contribution in [0.25, 0.3) is 0 Å². The largest absolute Gasteiger partial charge is 0.0651 e. The van der Waals surface area contributed by atoms with Crippen LogP contribution in [0, 0.1) is 17.8 Å². The summed E-state index contributed by atoms with van der Waals surface area (Å²) >= 11 is 0. The van der Waals surface area contributed by atoms with E-state index in [1.54, 1.807) is 0 Å². The maximum absolute atomic E-state index is 7.40. The monoisotopic (exact) mass is 97.1 g/mol. The minimum Gasteiger partial charge on any atom is -0.0651 e. The number of rotatable bonds is 1. The summed E-state index contributed by atoms with van der Waals surface area (Å²) in [6.45, 7) is 2.03. The van der Waals surface area contributed by atoms with Crippen LogP contribution >= 0.6 is 0 Å². The molecule has 0 aromatic carbocycles. The Labute approximate surface area is 46.3 Å². The average molecular weight is 97.2 g/mol. The molecule has 3 aliphatic carbocycles. The normalized spacial score (nSPS) is 61.9. The van der Waals surface area contributed by atoms with E-state index in [9.17, 15) is 0 Å². The van der Waals surface area contributed by atoms with Crippen LogP contribution in [0.15, 0.2) is 0 Å². The Morgan fingerprint density at radius 3 is 2.14 bits per heavy atom. The van der Waals surface area contributed by atoms with Crippen LogP contribution in [-0.2, 0) is 0 Å². The lowest BCUT2D eigenvalue weighted by Crippen LogP contribution is -2.49. The third-order valence-electron chi connectivity index (χ3n) is 2.68. The summed E-state index contributed by atoms with van der Waals surface area (Å²) in [7, 11) is 0. The van der Waals surface area contributed by atoms with E-state index in [1.807, 2.05) is 6.92 Å². The zero-order valence-electron chi connectivity index (χ0n) is 5.72. The second-order valence-corrected chi connectivity index (χ2v) is 2.90. The van der Waals surface area contributed by atoms with Gasteiger partial charge in [-0.15, -0.1) is 0 Å². The van der Waals surface area contributed by atoms with E-state index in [2.05, 4.69) is 0 Å². The molecule has 0 N–H and O–H groups in total. The molecule has 0 spiro atoms. The number of hydrogen-bond acceptors (Lipinski definition) is 0. The molecule has 0 amide bonds. The van der Waals surface area contributed by atoms with Crippen molar-refractivity contribution in [3.63, 3.8) is 0 Å². The van der Waals surface area contributed by atoms with Crippen molar-refractivity contribution in [3.05, 3.63) is 0 Å². The molecule has 3 aliphatic rings. The van der Waals surface area contributed by atoms with Gasteiger partial charge in [0.05, 0.1) is 0 Å². The average Bonchev–Trinajstić information content (AvgIpc) is 1.14. The third-order valence-corrected chi connectivity index (χ3v) is 2.68. The zero-order valence-corrected chi connectivity index (χ0v) is 4.72. The van der Waals surface area contributed by atoms with Crippen LogP contribution < -0.4 is 0 Å². The lowest BCUT2D eigenvalue weighted by atomic mass is 9.47. The van der Waals surface area contributed by atoms with Crippen molar-refractivity contribution in [2.75, 3.05) is 0 Å². The van der Waals surface area contributed by atoms with Gasteiger partial charge in [0.1, 0.15) is 0 Å². The molecule has 40 valence electrons. The van der Waals surface area contributed by atoms with Crippen LogP contribution in [0.2, 0.25) is 0 Å². The second kappa shape index (κ2) is 1.04. The first-order chi connectivity index (χ1) is 3.79. The van der Waals surface area contributed by atoms with Gasteiger partial charge in [-0.05, 0) is 30.6 Å². The highest BCUT2D eigenvalue weighted by Gasteiger charge is 2.50. The molecule has 0 heteroatoms. The molecule has 7 heavy (non-hydrogen) atoms. The molecule has 0 aromatic rings. The van der Waals surface area contributed by atoms with E-state index < -0.39 is 0 Å². The minimum atomic E-state index is 0.229. The molecular weight excluding hydrogens is 84.1 g/mol. The summed E-state index contributed by atoms with van der Waals surface area (Å²) in [5.74, 6) is 2.77. The quantitative estimate of drug-likeness (QED) is 0.469. The van der Waals surface area contributed by atoms with E-state index in [-0.39, 0.29) is 6.40 Å². The summed E-state index contributed by atoms with van der Waals surface area (Å²) in [6.07, 6.45) is 3.13. The predicted molar refractivity (Wildman–Crippen MR) is 30.0 cm³/mol. The predicted octanol–water partition coefficient (Wildman–Crippen LogP) is 2.05. The summed E-state index contributed by atoms with van der Waals surface area (Å²) < 4.78 is 7.40. The Balaban J connectivity index is 1.94. The van der Waals surface area contributed by atoms with Gasteiger partial charge < -0.3 is 0 Å². The van der Waals surface area contributed by atoms with E-state index in [1.165, 1.54) is 12.8 Å². The first-order valence-corrected chi connectivity index (χ1v) is 3.21. The Hall–Kier alpha value is 0.